The summed E-state index contributed by atoms with van der Waals surface area (Å²) < 4.78 is 1.29. The van der Waals surface area contributed by atoms with Crippen LogP contribution in [0.1, 0.15) is 32.1 Å². The van der Waals surface area contributed by atoms with Gasteiger partial charge in [0.25, 0.3) is 11.5 Å². The number of aromatic nitrogens is 3. The van der Waals surface area contributed by atoms with Gasteiger partial charge < -0.3 is 0 Å². The Labute approximate surface area is 177 Å². The Balaban J connectivity index is 1.45. The van der Waals surface area contributed by atoms with Gasteiger partial charge in [-0.05, 0) is 24.1 Å². The normalized spacial score (nSPS) is 10.7. The van der Waals surface area contributed by atoms with Crippen LogP contribution in [0.5, 0.6) is 0 Å². The first-order valence-corrected chi connectivity index (χ1v) is 10.3. The molecule has 0 aliphatic carbocycles. The molecule has 2 heterocycles. The van der Waals surface area contributed by atoms with Crippen LogP contribution in [0.4, 0.5) is 5.13 Å². The quantitative estimate of drug-likeness (QED) is 0.517. The molecule has 0 bridgehead atoms. The molecule has 4 aromatic rings. The highest BCUT2D eigenvalue weighted by Crippen LogP contribution is 2.21. The standard InChI is InChI=1S/C23H20N4O2S/c1-16-7-9-17(10-8-16)13-19-14-24-23(30-19)25-22(29)20-11-12-21(28)27(26-20)15-18-5-3-2-4-6-18/h2-12,14H,13,15H2,1H3,(H,24,25,29). The van der Waals surface area contributed by atoms with Crippen LogP contribution in [0.15, 0.2) is 77.7 Å². The third kappa shape index (κ3) is 4.87. The molecule has 4 rings (SSSR count). The van der Waals surface area contributed by atoms with Crippen molar-refractivity contribution < 1.29 is 4.79 Å². The van der Waals surface area contributed by atoms with E-state index >= 15 is 0 Å². The highest BCUT2D eigenvalue weighted by atomic mass is 32.1. The Morgan fingerprint density at radius 2 is 1.77 bits per heavy atom. The topological polar surface area (TPSA) is 76.9 Å². The molecule has 0 aliphatic rings. The number of anilines is 1. The molecule has 0 spiro atoms. The third-order valence-corrected chi connectivity index (χ3v) is 5.46. The van der Waals surface area contributed by atoms with Gasteiger partial charge in [-0.2, -0.15) is 5.10 Å². The number of amides is 1. The maximum Gasteiger partial charge on any atom is 0.277 e. The summed E-state index contributed by atoms with van der Waals surface area (Å²) in [7, 11) is 0. The molecule has 0 fully saturated rings. The number of hydrogen-bond donors (Lipinski definition) is 1. The average molecular weight is 417 g/mol. The summed E-state index contributed by atoms with van der Waals surface area (Å²) in [5, 5.41) is 7.49. The second-order valence-electron chi connectivity index (χ2n) is 6.95. The lowest BCUT2D eigenvalue weighted by molar-refractivity contribution is 0.102. The van der Waals surface area contributed by atoms with Crippen LogP contribution < -0.4 is 10.9 Å². The lowest BCUT2D eigenvalue weighted by Crippen LogP contribution is -2.26. The van der Waals surface area contributed by atoms with Crippen molar-refractivity contribution in [2.24, 2.45) is 0 Å². The number of thiazole rings is 1. The maximum absolute atomic E-state index is 12.6. The fourth-order valence-electron chi connectivity index (χ4n) is 2.95. The van der Waals surface area contributed by atoms with Gasteiger partial charge in [-0.15, -0.1) is 11.3 Å². The Bertz CT molecular complexity index is 1210. The lowest BCUT2D eigenvalue weighted by Gasteiger charge is -2.07. The molecule has 30 heavy (non-hydrogen) atoms. The first kappa shape index (κ1) is 19.7. The van der Waals surface area contributed by atoms with Crippen LogP contribution in [0, 0.1) is 6.92 Å². The largest absolute Gasteiger partial charge is 0.296 e. The van der Waals surface area contributed by atoms with Gasteiger partial charge in [-0.1, -0.05) is 60.2 Å². The molecule has 0 saturated heterocycles. The van der Waals surface area contributed by atoms with Gasteiger partial charge in [0, 0.05) is 23.6 Å². The van der Waals surface area contributed by atoms with E-state index in [4.69, 9.17) is 0 Å². The van der Waals surface area contributed by atoms with Crippen LogP contribution in [-0.2, 0) is 13.0 Å². The van der Waals surface area contributed by atoms with Crippen LogP contribution in [0.2, 0.25) is 0 Å². The monoisotopic (exact) mass is 416 g/mol. The average Bonchev–Trinajstić information content (AvgIpc) is 3.19. The van der Waals surface area contributed by atoms with E-state index in [1.54, 1.807) is 6.20 Å². The minimum absolute atomic E-state index is 0.167. The van der Waals surface area contributed by atoms with Crippen molar-refractivity contribution >= 4 is 22.4 Å². The number of nitrogens with one attached hydrogen (secondary N) is 1. The van der Waals surface area contributed by atoms with Crippen molar-refractivity contribution in [1.82, 2.24) is 14.8 Å². The Hall–Kier alpha value is -3.58. The highest BCUT2D eigenvalue weighted by Gasteiger charge is 2.13. The Morgan fingerprint density at radius 1 is 1.00 bits per heavy atom. The molecule has 0 aliphatic heterocycles. The maximum atomic E-state index is 12.6. The fraction of sp³-hybridized carbons (Fsp3) is 0.130. The number of rotatable bonds is 6. The molecule has 0 saturated carbocycles. The molecule has 7 heteroatoms. The molecule has 1 N–H and O–H groups in total. The lowest BCUT2D eigenvalue weighted by atomic mass is 10.1. The SMILES string of the molecule is Cc1ccc(Cc2cnc(NC(=O)c3ccc(=O)n(Cc4ccccc4)n3)s2)cc1. The number of aryl methyl sites for hydroxylation is 1. The van der Waals surface area contributed by atoms with Gasteiger partial charge in [0.2, 0.25) is 0 Å². The first-order chi connectivity index (χ1) is 14.6. The Kier molecular flexibility index (Phi) is 5.81. The Morgan fingerprint density at radius 3 is 2.53 bits per heavy atom. The van der Waals surface area contributed by atoms with Crippen LogP contribution in [-0.4, -0.2) is 20.7 Å². The zero-order valence-electron chi connectivity index (χ0n) is 16.4. The van der Waals surface area contributed by atoms with Crippen molar-refractivity contribution in [1.29, 1.82) is 0 Å². The van der Waals surface area contributed by atoms with E-state index < -0.39 is 5.91 Å². The van der Waals surface area contributed by atoms with Gasteiger partial charge in [0.05, 0.1) is 6.54 Å². The van der Waals surface area contributed by atoms with Gasteiger partial charge in [-0.25, -0.2) is 9.67 Å². The molecular weight excluding hydrogens is 396 g/mol. The van der Waals surface area contributed by atoms with Gasteiger partial charge in [0.15, 0.2) is 5.13 Å². The number of hydrogen-bond acceptors (Lipinski definition) is 5. The summed E-state index contributed by atoms with van der Waals surface area (Å²) in [6.07, 6.45) is 2.53. The van der Waals surface area contributed by atoms with E-state index in [-0.39, 0.29) is 11.3 Å². The third-order valence-electron chi connectivity index (χ3n) is 4.55. The molecule has 0 unspecified atom stereocenters. The minimum Gasteiger partial charge on any atom is -0.296 e. The molecule has 1 amide bonds. The molecule has 150 valence electrons. The van der Waals surface area contributed by atoms with Crippen molar-refractivity contribution in [2.45, 2.75) is 19.9 Å². The van der Waals surface area contributed by atoms with E-state index in [1.807, 2.05) is 30.3 Å². The second-order valence-corrected chi connectivity index (χ2v) is 8.06. The zero-order valence-corrected chi connectivity index (χ0v) is 17.2. The first-order valence-electron chi connectivity index (χ1n) is 9.50. The number of carbonyl (C=O) groups excluding carboxylic acids is 1. The predicted octanol–water partition coefficient (Wildman–Crippen LogP) is 3.90. The minimum atomic E-state index is -0.395. The molecule has 2 aromatic heterocycles. The summed E-state index contributed by atoms with van der Waals surface area (Å²) in [5.74, 6) is -0.395. The summed E-state index contributed by atoms with van der Waals surface area (Å²) in [6.45, 7) is 2.36. The van der Waals surface area contributed by atoms with Crippen molar-refractivity contribution in [3.63, 3.8) is 0 Å². The molecule has 2 aromatic carbocycles. The second kappa shape index (κ2) is 8.84. The molecule has 6 nitrogen and oxygen atoms in total. The summed E-state index contributed by atoms with van der Waals surface area (Å²) in [4.78, 5) is 30.1. The van der Waals surface area contributed by atoms with Gasteiger partial charge in [-0.3, -0.25) is 14.9 Å². The van der Waals surface area contributed by atoms with Crippen molar-refractivity contribution in [3.8, 4) is 0 Å². The highest BCUT2D eigenvalue weighted by molar-refractivity contribution is 7.15. The van der Waals surface area contributed by atoms with Crippen molar-refractivity contribution in [3.05, 3.63) is 111 Å². The van der Waals surface area contributed by atoms with E-state index in [9.17, 15) is 9.59 Å². The van der Waals surface area contributed by atoms with Gasteiger partial charge in [0.1, 0.15) is 5.69 Å². The van der Waals surface area contributed by atoms with Crippen LogP contribution >= 0.6 is 11.3 Å². The number of carbonyl (C=O) groups is 1. The van der Waals surface area contributed by atoms with E-state index in [0.717, 1.165) is 16.9 Å². The zero-order chi connectivity index (χ0) is 20.9. The van der Waals surface area contributed by atoms with Crippen LogP contribution in [0.25, 0.3) is 0 Å². The predicted molar refractivity (Wildman–Crippen MR) is 118 cm³/mol. The summed E-state index contributed by atoms with van der Waals surface area (Å²) in [5.41, 5.74) is 3.25. The van der Waals surface area contributed by atoms with E-state index in [0.29, 0.717) is 11.7 Å². The fourth-order valence-corrected chi connectivity index (χ4v) is 3.80. The number of nitrogens with zero attached hydrogens (tertiary/aromatic N) is 3. The summed E-state index contributed by atoms with van der Waals surface area (Å²) in [6, 6.07) is 20.6. The van der Waals surface area contributed by atoms with Crippen LogP contribution in [0.3, 0.4) is 0 Å². The smallest absolute Gasteiger partial charge is 0.277 e. The van der Waals surface area contributed by atoms with E-state index in [1.165, 1.54) is 39.3 Å². The molecular formula is C23H20N4O2S. The van der Waals surface area contributed by atoms with Crippen molar-refractivity contribution in [2.75, 3.05) is 5.32 Å². The van der Waals surface area contributed by atoms with E-state index in [2.05, 4.69) is 46.6 Å². The molecule has 0 atom stereocenters. The van der Waals surface area contributed by atoms with Gasteiger partial charge >= 0.3 is 0 Å². The summed E-state index contributed by atoms with van der Waals surface area (Å²) >= 11 is 1.43. The number of benzene rings is 2. The molecule has 0 radical (unpaired) electrons.